The van der Waals surface area contributed by atoms with Crippen LogP contribution in [0.2, 0.25) is 0 Å². The lowest BCUT2D eigenvalue weighted by Gasteiger charge is -2.33. The summed E-state index contributed by atoms with van der Waals surface area (Å²) in [6.45, 7) is 2.24. The van der Waals surface area contributed by atoms with E-state index >= 15 is 0 Å². The zero-order valence-corrected chi connectivity index (χ0v) is 16.5. The molecule has 1 aromatic rings. The Kier molecular flexibility index (Phi) is 7.13. The molecule has 2 aliphatic carbocycles. The van der Waals surface area contributed by atoms with Crippen molar-refractivity contribution in [3.63, 3.8) is 0 Å². The summed E-state index contributed by atoms with van der Waals surface area (Å²) in [7, 11) is 1.71. The molecular formula is C22H33N3O2. The lowest BCUT2D eigenvalue weighted by atomic mass is 9.81. The summed E-state index contributed by atoms with van der Waals surface area (Å²) in [6, 6.07) is 10.3. The summed E-state index contributed by atoms with van der Waals surface area (Å²) >= 11 is 0. The number of nitrogens with zero attached hydrogens (tertiary/aromatic N) is 1. The van der Waals surface area contributed by atoms with Crippen molar-refractivity contribution >= 4 is 11.9 Å². The smallest absolute Gasteiger partial charge is 0.317 e. The third-order valence-electron chi connectivity index (χ3n) is 6.21. The summed E-state index contributed by atoms with van der Waals surface area (Å²) in [4.78, 5) is 26.6. The molecule has 0 unspecified atom stereocenters. The monoisotopic (exact) mass is 371 g/mol. The molecule has 2 N–H and O–H groups in total. The zero-order chi connectivity index (χ0) is 19.1. The molecule has 3 amide bonds. The Hall–Kier alpha value is -2.04. The fraction of sp³-hybridized carbons (Fsp3) is 0.636. The molecule has 27 heavy (non-hydrogen) atoms. The maximum atomic E-state index is 12.8. The van der Waals surface area contributed by atoms with Gasteiger partial charge in [0.1, 0.15) is 0 Å². The summed E-state index contributed by atoms with van der Waals surface area (Å²) in [5.74, 6) is 1.45. The van der Waals surface area contributed by atoms with Crippen LogP contribution in [-0.2, 0) is 11.3 Å². The number of carbonyl (C=O) groups excluding carboxylic acids is 2. The van der Waals surface area contributed by atoms with Crippen LogP contribution in [0.4, 0.5) is 4.79 Å². The first-order valence-electron chi connectivity index (χ1n) is 10.4. The summed E-state index contributed by atoms with van der Waals surface area (Å²) < 4.78 is 0. The minimum absolute atomic E-state index is 0.0548. The summed E-state index contributed by atoms with van der Waals surface area (Å²) in [5.41, 5.74) is 1.18. The molecule has 2 saturated carbocycles. The number of rotatable bonds is 7. The molecule has 0 atom stereocenters. The molecule has 0 bridgehead atoms. The van der Waals surface area contributed by atoms with Crippen molar-refractivity contribution < 1.29 is 9.59 Å². The number of urea groups is 1. The number of carbonyl (C=O) groups is 2. The Bertz CT molecular complexity index is 607. The molecule has 0 saturated heterocycles. The predicted octanol–water partition coefficient (Wildman–Crippen LogP) is 3.55. The van der Waals surface area contributed by atoms with Crippen LogP contribution in [0.3, 0.4) is 0 Å². The molecule has 2 fully saturated rings. The molecule has 2 aliphatic rings. The van der Waals surface area contributed by atoms with Gasteiger partial charge in [-0.1, -0.05) is 36.8 Å². The van der Waals surface area contributed by atoms with Crippen LogP contribution in [0.5, 0.6) is 0 Å². The van der Waals surface area contributed by atoms with Gasteiger partial charge in [0.2, 0.25) is 5.91 Å². The largest absolute Gasteiger partial charge is 0.359 e. The first-order valence-corrected chi connectivity index (χ1v) is 10.4. The molecule has 148 valence electrons. The molecule has 0 aromatic heterocycles. The zero-order valence-electron chi connectivity index (χ0n) is 16.5. The normalized spacial score (nSPS) is 22.6. The molecule has 1 aromatic carbocycles. The van der Waals surface area contributed by atoms with E-state index in [2.05, 4.69) is 22.8 Å². The van der Waals surface area contributed by atoms with Gasteiger partial charge in [-0.2, -0.15) is 0 Å². The van der Waals surface area contributed by atoms with Crippen molar-refractivity contribution in [1.29, 1.82) is 0 Å². The highest BCUT2D eigenvalue weighted by molar-refractivity contribution is 5.78. The van der Waals surface area contributed by atoms with Gasteiger partial charge in [0.15, 0.2) is 0 Å². The lowest BCUT2D eigenvalue weighted by molar-refractivity contribution is -0.125. The second-order valence-electron chi connectivity index (χ2n) is 8.18. The Morgan fingerprint density at radius 3 is 2.30 bits per heavy atom. The van der Waals surface area contributed by atoms with Gasteiger partial charge in [0.05, 0.1) is 0 Å². The molecule has 3 rings (SSSR count). The van der Waals surface area contributed by atoms with Crippen LogP contribution < -0.4 is 10.6 Å². The van der Waals surface area contributed by atoms with Gasteiger partial charge >= 0.3 is 6.03 Å². The molecular weight excluding hydrogens is 338 g/mol. The van der Waals surface area contributed by atoms with E-state index in [1.54, 1.807) is 7.05 Å². The van der Waals surface area contributed by atoms with Gasteiger partial charge in [0.25, 0.3) is 0 Å². The van der Waals surface area contributed by atoms with Crippen molar-refractivity contribution in [2.75, 3.05) is 20.1 Å². The maximum Gasteiger partial charge on any atom is 0.317 e. The number of hydrogen-bond donors (Lipinski definition) is 2. The Morgan fingerprint density at radius 1 is 1.00 bits per heavy atom. The summed E-state index contributed by atoms with van der Waals surface area (Å²) in [5, 5.41) is 5.92. The Balaban J connectivity index is 1.48. The van der Waals surface area contributed by atoms with Crippen molar-refractivity contribution in [2.24, 2.45) is 17.8 Å². The van der Waals surface area contributed by atoms with Gasteiger partial charge in [0, 0.05) is 32.6 Å². The molecule has 0 spiro atoms. The maximum absolute atomic E-state index is 12.8. The third kappa shape index (κ3) is 5.72. The van der Waals surface area contributed by atoms with E-state index in [0.717, 1.165) is 38.8 Å². The second-order valence-corrected chi connectivity index (χ2v) is 8.18. The number of hydrogen-bond acceptors (Lipinski definition) is 2. The van der Waals surface area contributed by atoms with Crippen molar-refractivity contribution in [2.45, 2.75) is 51.5 Å². The summed E-state index contributed by atoms with van der Waals surface area (Å²) in [6.07, 6.45) is 7.65. The van der Waals surface area contributed by atoms with E-state index in [-0.39, 0.29) is 17.9 Å². The molecule has 0 radical (unpaired) electrons. The highest BCUT2D eigenvalue weighted by Crippen LogP contribution is 2.29. The van der Waals surface area contributed by atoms with E-state index in [9.17, 15) is 9.59 Å². The highest BCUT2D eigenvalue weighted by Gasteiger charge is 2.27. The number of amides is 3. The van der Waals surface area contributed by atoms with Crippen LogP contribution in [0, 0.1) is 17.8 Å². The first kappa shape index (κ1) is 19.7. The van der Waals surface area contributed by atoms with Gasteiger partial charge in [-0.15, -0.1) is 0 Å². The minimum Gasteiger partial charge on any atom is -0.359 e. The van der Waals surface area contributed by atoms with Gasteiger partial charge in [-0.25, -0.2) is 4.79 Å². The Labute approximate surface area is 162 Å². The molecule has 5 heteroatoms. The topological polar surface area (TPSA) is 61.4 Å². The van der Waals surface area contributed by atoms with Crippen molar-refractivity contribution in [3.8, 4) is 0 Å². The average Bonchev–Trinajstić information content (AvgIpc) is 2.68. The number of nitrogens with one attached hydrogen (secondary N) is 2. The van der Waals surface area contributed by atoms with Crippen molar-refractivity contribution in [1.82, 2.24) is 15.5 Å². The van der Waals surface area contributed by atoms with E-state index < -0.39 is 0 Å². The number of benzene rings is 1. The molecule has 0 heterocycles. The fourth-order valence-electron chi connectivity index (χ4n) is 4.19. The first-order chi connectivity index (χ1) is 13.2. The van der Waals surface area contributed by atoms with Crippen LogP contribution in [0.15, 0.2) is 30.3 Å². The SMILES string of the molecule is CNC(=O)C1CCC(CNC(=O)N(Cc2ccccc2)CC2CCC2)CC1. The van der Waals surface area contributed by atoms with Crippen LogP contribution in [0.1, 0.15) is 50.5 Å². The van der Waals surface area contributed by atoms with E-state index in [1.165, 1.54) is 24.8 Å². The van der Waals surface area contributed by atoms with E-state index in [4.69, 9.17) is 0 Å². The fourth-order valence-corrected chi connectivity index (χ4v) is 4.19. The lowest BCUT2D eigenvalue weighted by Crippen LogP contribution is -2.45. The third-order valence-corrected chi connectivity index (χ3v) is 6.21. The highest BCUT2D eigenvalue weighted by atomic mass is 16.2. The van der Waals surface area contributed by atoms with Crippen LogP contribution >= 0.6 is 0 Å². The second kappa shape index (κ2) is 9.77. The minimum atomic E-state index is 0.0548. The van der Waals surface area contributed by atoms with Crippen molar-refractivity contribution in [3.05, 3.63) is 35.9 Å². The standard InChI is InChI=1S/C22H33N3O2/c1-23-21(26)20-12-10-17(11-13-20)14-24-22(27)25(16-19-8-5-9-19)15-18-6-3-2-4-7-18/h2-4,6-7,17,19-20H,5,8-16H2,1H3,(H,23,26)(H,24,27). The van der Waals surface area contributed by atoms with Gasteiger partial charge < -0.3 is 15.5 Å². The predicted molar refractivity (Wildman–Crippen MR) is 107 cm³/mol. The quantitative estimate of drug-likeness (QED) is 0.770. The molecule has 5 nitrogen and oxygen atoms in total. The van der Waals surface area contributed by atoms with Gasteiger partial charge in [-0.05, 0) is 55.9 Å². The van der Waals surface area contributed by atoms with Crippen LogP contribution in [-0.4, -0.2) is 37.0 Å². The van der Waals surface area contributed by atoms with E-state index in [1.807, 2.05) is 23.1 Å². The molecule has 0 aliphatic heterocycles. The average molecular weight is 372 g/mol. The van der Waals surface area contributed by atoms with Gasteiger partial charge in [-0.3, -0.25) is 4.79 Å². The van der Waals surface area contributed by atoms with E-state index in [0.29, 0.717) is 18.4 Å². The Morgan fingerprint density at radius 2 is 1.70 bits per heavy atom. The van der Waals surface area contributed by atoms with Crippen LogP contribution in [0.25, 0.3) is 0 Å².